The topological polar surface area (TPSA) is 108 Å². The molecule has 8 nitrogen and oxygen atoms in total. The zero-order valence-corrected chi connectivity index (χ0v) is 24.3. The fraction of sp³-hybridized carbons (Fsp3) is 0.355. The molecule has 3 aromatic carbocycles. The van der Waals surface area contributed by atoms with Gasteiger partial charge in [0.1, 0.15) is 5.75 Å². The SMILES string of the molecule is COc1ccc(C(=O)Nc2ccc(CN3C(=O)[C@@]4(O[C@@H](CCO)[C@H]([Si](C)(C)O)[C@H]4C)c4ccccc43)cc2)cc1. The largest absolute Gasteiger partial charge is 0.497 e. The van der Waals surface area contributed by atoms with Gasteiger partial charge in [-0.3, -0.25) is 9.59 Å². The highest BCUT2D eigenvalue weighted by Gasteiger charge is 2.65. The lowest BCUT2D eigenvalue weighted by Crippen LogP contribution is -2.46. The summed E-state index contributed by atoms with van der Waals surface area (Å²) in [4.78, 5) is 39.8. The van der Waals surface area contributed by atoms with Crippen LogP contribution >= 0.6 is 0 Å². The Hall–Kier alpha value is -3.50. The monoisotopic (exact) mass is 560 g/mol. The normalized spacial score (nSPS) is 23.9. The van der Waals surface area contributed by atoms with Crippen LogP contribution in [-0.4, -0.2) is 49.9 Å². The molecule has 3 aromatic rings. The van der Waals surface area contributed by atoms with E-state index in [4.69, 9.17) is 9.47 Å². The first-order valence-corrected chi connectivity index (χ1v) is 16.6. The summed E-state index contributed by atoms with van der Waals surface area (Å²) in [5.41, 5.74) is 2.25. The molecule has 5 rings (SSSR count). The molecule has 1 fully saturated rings. The smallest absolute Gasteiger partial charge is 0.264 e. The van der Waals surface area contributed by atoms with E-state index in [0.717, 1.165) is 16.8 Å². The third kappa shape index (κ3) is 4.83. The van der Waals surface area contributed by atoms with Crippen LogP contribution in [0.3, 0.4) is 0 Å². The number of fused-ring (bicyclic) bond motifs is 2. The average Bonchev–Trinajstić information content (AvgIpc) is 3.36. The number of anilines is 2. The quantitative estimate of drug-likeness (QED) is 0.346. The van der Waals surface area contributed by atoms with Crippen LogP contribution in [0.1, 0.15) is 34.8 Å². The first kappa shape index (κ1) is 28.0. The van der Waals surface area contributed by atoms with Gasteiger partial charge in [-0.1, -0.05) is 37.3 Å². The molecule has 210 valence electrons. The molecule has 2 heterocycles. The molecule has 2 aliphatic rings. The number of methoxy groups -OCH3 is 1. The van der Waals surface area contributed by atoms with E-state index in [2.05, 4.69) is 5.32 Å². The number of benzene rings is 3. The summed E-state index contributed by atoms with van der Waals surface area (Å²) in [6, 6.07) is 22.0. The standard InChI is InChI=1S/C31H36N2O6Si/c1-20-28(40(3,4)37)27(17-18-34)39-31(20)25-7-5-6-8-26(25)33(30(31)36)19-21-9-13-23(14-10-21)32-29(35)22-11-15-24(38-2)16-12-22/h5-16,20,27-28,34,37H,17-19H2,1-4H3,(H,32,35)/t20-,27+,28-,31+/m1/s1. The van der Waals surface area contributed by atoms with Crippen LogP contribution in [0.5, 0.6) is 5.75 Å². The maximum atomic E-state index is 14.2. The molecule has 0 radical (unpaired) electrons. The van der Waals surface area contributed by atoms with Gasteiger partial charge in [0, 0.05) is 34.9 Å². The van der Waals surface area contributed by atoms with Crippen LogP contribution < -0.4 is 15.0 Å². The highest BCUT2D eigenvalue weighted by molar-refractivity contribution is 6.71. The van der Waals surface area contributed by atoms with Crippen LogP contribution in [0, 0.1) is 5.92 Å². The zero-order valence-electron chi connectivity index (χ0n) is 23.3. The van der Waals surface area contributed by atoms with E-state index in [1.54, 1.807) is 36.3 Å². The summed E-state index contributed by atoms with van der Waals surface area (Å²) in [5.74, 6) is 0.0436. The van der Waals surface area contributed by atoms with Gasteiger partial charge in [0.2, 0.25) is 0 Å². The Morgan fingerprint density at radius 2 is 1.75 bits per heavy atom. The fourth-order valence-corrected chi connectivity index (χ4v) is 9.01. The molecule has 4 atom stereocenters. The molecule has 40 heavy (non-hydrogen) atoms. The van der Waals surface area contributed by atoms with Crippen LogP contribution in [0.15, 0.2) is 72.8 Å². The molecule has 2 amide bonds. The fourth-order valence-electron chi connectivity index (χ4n) is 6.41. The molecular formula is C31H36N2O6Si. The van der Waals surface area contributed by atoms with E-state index in [1.165, 1.54) is 0 Å². The Balaban J connectivity index is 1.38. The van der Waals surface area contributed by atoms with Gasteiger partial charge in [-0.15, -0.1) is 0 Å². The third-order valence-corrected chi connectivity index (χ3v) is 10.7. The second-order valence-electron chi connectivity index (χ2n) is 11.2. The van der Waals surface area contributed by atoms with Gasteiger partial charge in [0.05, 0.1) is 25.4 Å². The number of amides is 2. The van der Waals surface area contributed by atoms with Crippen molar-refractivity contribution < 1.29 is 29.0 Å². The summed E-state index contributed by atoms with van der Waals surface area (Å²) in [7, 11) is -1.15. The number of nitrogens with one attached hydrogen (secondary N) is 1. The number of nitrogens with zero attached hydrogens (tertiary/aromatic N) is 1. The molecular weight excluding hydrogens is 524 g/mol. The number of rotatable bonds is 8. The second-order valence-corrected chi connectivity index (χ2v) is 15.1. The van der Waals surface area contributed by atoms with E-state index < -0.39 is 20.0 Å². The Labute approximate surface area is 235 Å². The van der Waals surface area contributed by atoms with Gasteiger partial charge in [-0.2, -0.15) is 0 Å². The number of para-hydroxylation sites is 1. The summed E-state index contributed by atoms with van der Waals surface area (Å²) >= 11 is 0. The molecule has 1 spiro atoms. The van der Waals surface area contributed by atoms with Gasteiger partial charge in [-0.25, -0.2) is 0 Å². The van der Waals surface area contributed by atoms with Crippen molar-refractivity contribution in [2.24, 2.45) is 5.92 Å². The zero-order chi connectivity index (χ0) is 28.7. The molecule has 1 saturated heterocycles. The highest BCUT2D eigenvalue weighted by Crippen LogP contribution is 2.59. The minimum absolute atomic E-state index is 0.0741. The molecule has 0 bridgehead atoms. The van der Waals surface area contributed by atoms with Gasteiger partial charge in [0.25, 0.3) is 11.8 Å². The number of hydrogen-bond acceptors (Lipinski definition) is 6. The van der Waals surface area contributed by atoms with Gasteiger partial charge in [-0.05, 0) is 67.5 Å². The molecule has 0 aliphatic carbocycles. The Morgan fingerprint density at radius 3 is 2.38 bits per heavy atom. The van der Waals surface area contributed by atoms with Crippen molar-refractivity contribution in [3.05, 3.63) is 89.5 Å². The van der Waals surface area contributed by atoms with Crippen molar-refractivity contribution in [1.82, 2.24) is 0 Å². The molecule has 0 aromatic heterocycles. The van der Waals surface area contributed by atoms with E-state index in [9.17, 15) is 19.5 Å². The summed E-state index contributed by atoms with van der Waals surface area (Å²) in [6.07, 6.45) is -0.0374. The van der Waals surface area contributed by atoms with E-state index in [-0.39, 0.29) is 29.9 Å². The molecule has 2 aliphatic heterocycles. The second kappa shape index (κ2) is 10.8. The number of aliphatic hydroxyl groups excluding tert-OH is 1. The number of ether oxygens (including phenoxy) is 2. The van der Waals surface area contributed by atoms with Gasteiger partial charge in [0.15, 0.2) is 13.9 Å². The van der Waals surface area contributed by atoms with Crippen LogP contribution in [0.25, 0.3) is 0 Å². The minimum atomic E-state index is -2.73. The predicted octanol–water partition coefficient (Wildman–Crippen LogP) is 4.67. The molecule has 0 saturated carbocycles. The maximum Gasteiger partial charge on any atom is 0.264 e. The number of carbonyl (C=O) groups excluding carboxylic acids is 2. The number of aliphatic hydroxyl groups is 1. The lowest BCUT2D eigenvalue weighted by molar-refractivity contribution is -0.146. The first-order chi connectivity index (χ1) is 19.1. The Morgan fingerprint density at radius 1 is 1.07 bits per heavy atom. The van der Waals surface area contributed by atoms with Crippen molar-refractivity contribution in [1.29, 1.82) is 0 Å². The lowest BCUT2D eigenvalue weighted by Gasteiger charge is -2.32. The number of carbonyl (C=O) groups is 2. The van der Waals surface area contributed by atoms with Crippen molar-refractivity contribution in [3.8, 4) is 5.75 Å². The first-order valence-electron chi connectivity index (χ1n) is 13.6. The predicted molar refractivity (Wildman–Crippen MR) is 156 cm³/mol. The minimum Gasteiger partial charge on any atom is -0.497 e. The molecule has 9 heteroatoms. The van der Waals surface area contributed by atoms with Crippen LogP contribution in [-0.2, 0) is 21.7 Å². The van der Waals surface area contributed by atoms with E-state index >= 15 is 0 Å². The lowest BCUT2D eigenvalue weighted by atomic mass is 9.82. The van der Waals surface area contributed by atoms with Crippen molar-refractivity contribution in [2.75, 3.05) is 23.9 Å². The van der Waals surface area contributed by atoms with Gasteiger partial charge >= 0.3 is 0 Å². The van der Waals surface area contributed by atoms with Gasteiger partial charge < -0.3 is 29.6 Å². The highest BCUT2D eigenvalue weighted by atomic mass is 28.4. The Bertz CT molecular complexity index is 1390. The summed E-state index contributed by atoms with van der Waals surface area (Å²) in [5, 5.41) is 12.6. The maximum absolute atomic E-state index is 14.2. The average molecular weight is 561 g/mol. The summed E-state index contributed by atoms with van der Waals surface area (Å²) < 4.78 is 11.7. The Kier molecular flexibility index (Phi) is 7.58. The molecule has 0 unspecified atom stereocenters. The van der Waals surface area contributed by atoms with Crippen molar-refractivity contribution in [3.63, 3.8) is 0 Å². The van der Waals surface area contributed by atoms with Crippen LogP contribution in [0.2, 0.25) is 18.6 Å². The van der Waals surface area contributed by atoms with Crippen molar-refractivity contribution >= 4 is 31.5 Å². The summed E-state index contributed by atoms with van der Waals surface area (Å²) in [6.45, 7) is 5.99. The molecule has 3 N–H and O–H groups in total. The third-order valence-electron chi connectivity index (χ3n) is 8.21. The van der Waals surface area contributed by atoms with E-state index in [1.807, 2.05) is 68.5 Å². The number of hydrogen-bond donors (Lipinski definition) is 3. The van der Waals surface area contributed by atoms with Crippen LogP contribution in [0.4, 0.5) is 11.4 Å². The van der Waals surface area contributed by atoms with Crippen molar-refractivity contribution in [2.45, 2.75) is 50.2 Å². The van der Waals surface area contributed by atoms with E-state index in [0.29, 0.717) is 30.0 Å².